The van der Waals surface area contributed by atoms with Crippen LogP contribution in [0.2, 0.25) is 0 Å². The van der Waals surface area contributed by atoms with Gasteiger partial charge in [-0.15, -0.1) is 0 Å². The molecule has 16 heavy (non-hydrogen) atoms. The van der Waals surface area contributed by atoms with Crippen molar-refractivity contribution in [2.75, 3.05) is 0 Å². The lowest BCUT2D eigenvalue weighted by Gasteiger charge is -2.03. The standard InChI is InChI=1S/C13H9N3/c1-2-4-11-10(3-1)5-6-16-13(11)12-9-14-7-8-15-12/h1-9H. The van der Waals surface area contributed by atoms with Crippen molar-refractivity contribution in [1.82, 2.24) is 15.0 Å². The number of rotatable bonds is 1. The Morgan fingerprint density at radius 3 is 2.62 bits per heavy atom. The van der Waals surface area contributed by atoms with Crippen LogP contribution in [0, 0.1) is 0 Å². The quantitative estimate of drug-likeness (QED) is 0.615. The van der Waals surface area contributed by atoms with E-state index in [4.69, 9.17) is 0 Å². The fraction of sp³-hybridized carbons (Fsp3) is 0. The molecule has 2 aromatic heterocycles. The Bertz CT molecular complexity index is 615. The van der Waals surface area contributed by atoms with Gasteiger partial charge in [-0.25, -0.2) is 0 Å². The molecule has 0 spiro atoms. The van der Waals surface area contributed by atoms with Crippen LogP contribution in [0.15, 0.2) is 55.1 Å². The van der Waals surface area contributed by atoms with Crippen molar-refractivity contribution in [2.45, 2.75) is 0 Å². The van der Waals surface area contributed by atoms with E-state index < -0.39 is 0 Å². The van der Waals surface area contributed by atoms with Crippen molar-refractivity contribution in [1.29, 1.82) is 0 Å². The largest absolute Gasteiger partial charge is 0.261 e. The highest BCUT2D eigenvalue weighted by Crippen LogP contribution is 2.23. The van der Waals surface area contributed by atoms with Gasteiger partial charge in [0.25, 0.3) is 0 Å². The summed E-state index contributed by atoms with van der Waals surface area (Å²) in [6.45, 7) is 0. The van der Waals surface area contributed by atoms with Gasteiger partial charge in [-0.05, 0) is 11.5 Å². The molecule has 1 aromatic carbocycles. The van der Waals surface area contributed by atoms with Crippen LogP contribution in [-0.4, -0.2) is 15.0 Å². The summed E-state index contributed by atoms with van der Waals surface area (Å²) in [5, 5.41) is 2.27. The molecule has 0 atom stereocenters. The summed E-state index contributed by atoms with van der Waals surface area (Å²) in [5.41, 5.74) is 1.69. The van der Waals surface area contributed by atoms with Crippen LogP contribution in [0.5, 0.6) is 0 Å². The molecule has 0 bridgehead atoms. The first-order chi connectivity index (χ1) is 7.95. The van der Waals surface area contributed by atoms with Gasteiger partial charge in [-0.3, -0.25) is 15.0 Å². The van der Waals surface area contributed by atoms with E-state index in [1.54, 1.807) is 24.8 Å². The van der Waals surface area contributed by atoms with Gasteiger partial charge in [0.1, 0.15) is 5.69 Å². The molecule has 0 N–H and O–H groups in total. The lowest BCUT2D eigenvalue weighted by molar-refractivity contribution is 1.18. The van der Waals surface area contributed by atoms with Crippen molar-refractivity contribution in [2.24, 2.45) is 0 Å². The summed E-state index contributed by atoms with van der Waals surface area (Å²) >= 11 is 0. The van der Waals surface area contributed by atoms with Crippen LogP contribution in [0.3, 0.4) is 0 Å². The molecule has 0 radical (unpaired) electrons. The average Bonchev–Trinajstić information content (AvgIpc) is 2.39. The number of nitrogens with zero attached hydrogens (tertiary/aromatic N) is 3. The van der Waals surface area contributed by atoms with Gasteiger partial charge in [0.15, 0.2) is 0 Å². The molecule has 3 rings (SSSR count). The molecule has 0 aliphatic heterocycles. The number of fused-ring (bicyclic) bond motifs is 1. The summed E-state index contributed by atoms with van der Waals surface area (Å²) in [7, 11) is 0. The lowest BCUT2D eigenvalue weighted by Crippen LogP contribution is -1.89. The molecule has 2 heterocycles. The predicted octanol–water partition coefficient (Wildman–Crippen LogP) is 2.69. The van der Waals surface area contributed by atoms with Gasteiger partial charge in [-0.1, -0.05) is 24.3 Å². The summed E-state index contributed by atoms with van der Waals surface area (Å²) < 4.78 is 0. The van der Waals surface area contributed by atoms with Crippen LogP contribution in [0.25, 0.3) is 22.2 Å². The lowest BCUT2D eigenvalue weighted by atomic mass is 10.1. The summed E-state index contributed by atoms with van der Waals surface area (Å²) in [6.07, 6.45) is 6.87. The molecule has 3 nitrogen and oxygen atoms in total. The van der Waals surface area contributed by atoms with Crippen molar-refractivity contribution in [3.05, 3.63) is 55.1 Å². The van der Waals surface area contributed by atoms with E-state index >= 15 is 0 Å². The Balaban J connectivity index is 2.32. The molecule has 0 aliphatic carbocycles. The molecule has 76 valence electrons. The highest BCUT2D eigenvalue weighted by Gasteiger charge is 2.05. The monoisotopic (exact) mass is 207 g/mol. The minimum absolute atomic E-state index is 0.805. The number of benzene rings is 1. The number of pyridine rings is 1. The SMILES string of the molecule is c1ccc2c(-c3cnccn3)nccc2c1. The minimum atomic E-state index is 0.805. The topological polar surface area (TPSA) is 38.7 Å². The molecule has 0 aliphatic rings. The molecule has 3 heteroatoms. The van der Waals surface area contributed by atoms with Gasteiger partial charge < -0.3 is 0 Å². The first kappa shape index (κ1) is 8.97. The van der Waals surface area contributed by atoms with E-state index in [1.165, 1.54) is 0 Å². The first-order valence-corrected chi connectivity index (χ1v) is 5.05. The maximum absolute atomic E-state index is 4.37. The zero-order chi connectivity index (χ0) is 10.8. The molecular weight excluding hydrogens is 198 g/mol. The second-order valence-electron chi connectivity index (χ2n) is 3.47. The van der Waals surface area contributed by atoms with Crippen LogP contribution in [0.4, 0.5) is 0 Å². The molecule has 0 fully saturated rings. The van der Waals surface area contributed by atoms with E-state index in [1.807, 2.05) is 24.3 Å². The zero-order valence-corrected chi connectivity index (χ0v) is 8.54. The van der Waals surface area contributed by atoms with Crippen LogP contribution in [0.1, 0.15) is 0 Å². The Kier molecular flexibility index (Phi) is 2.07. The van der Waals surface area contributed by atoms with Gasteiger partial charge in [0.05, 0.1) is 11.9 Å². The Labute approximate surface area is 92.8 Å². The molecule has 3 aromatic rings. The van der Waals surface area contributed by atoms with Crippen molar-refractivity contribution >= 4 is 10.8 Å². The van der Waals surface area contributed by atoms with Crippen LogP contribution in [-0.2, 0) is 0 Å². The number of hydrogen-bond acceptors (Lipinski definition) is 3. The second-order valence-corrected chi connectivity index (χ2v) is 3.47. The van der Waals surface area contributed by atoms with Gasteiger partial charge in [-0.2, -0.15) is 0 Å². The minimum Gasteiger partial charge on any atom is -0.261 e. The summed E-state index contributed by atoms with van der Waals surface area (Å²) in [6, 6.07) is 10.1. The Morgan fingerprint density at radius 2 is 1.75 bits per heavy atom. The van der Waals surface area contributed by atoms with Crippen molar-refractivity contribution in [3.63, 3.8) is 0 Å². The number of hydrogen-bond donors (Lipinski definition) is 0. The average molecular weight is 207 g/mol. The maximum Gasteiger partial charge on any atom is 0.108 e. The van der Waals surface area contributed by atoms with Gasteiger partial charge in [0.2, 0.25) is 0 Å². The number of aromatic nitrogens is 3. The van der Waals surface area contributed by atoms with Gasteiger partial charge in [0, 0.05) is 24.0 Å². The Morgan fingerprint density at radius 1 is 0.812 bits per heavy atom. The molecule has 0 unspecified atom stereocenters. The summed E-state index contributed by atoms with van der Waals surface area (Å²) in [5.74, 6) is 0. The highest BCUT2D eigenvalue weighted by atomic mass is 14.8. The normalized spacial score (nSPS) is 10.5. The fourth-order valence-corrected chi connectivity index (χ4v) is 1.75. The highest BCUT2D eigenvalue weighted by molar-refractivity contribution is 5.93. The Hall–Kier alpha value is -2.29. The van der Waals surface area contributed by atoms with Crippen LogP contribution >= 0.6 is 0 Å². The third kappa shape index (κ3) is 1.42. The third-order valence-electron chi connectivity index (χ3n) is 2.48. The van der Waals surface area contributed by atoms with Crippen molar-refractivity contribution < 1.29 is 0 Å². The summed E-state index contributed by atoms with van der Waals surface area (Å²) in [4.78, 5) is 12.7. The fourth-order valence-electron chi connectivity index (χ4n) is 1.75. The molecule has 0 saturated heterocycles. The van der Waals surface area contributed by atoms with E-state index in [2.05, 4.69) is 21.0 Å². The smallest absolute Gasteiger partial charge is 0.108 e. The molecular formula is C13H9N3. The third-order valence-corrected chi connectivity index (χ3v) is 2.48. The van der Waals surface area contributed by atoms with Crippen LogP contribution < -0.4 is 0 Å². The van der Waals surface area contributed by atoms with E-state index in [9.17, 15) is 0 Å². The second kappa shape index (κ2) is 3.70. The zero-order valence-electron chi connectivity index (χ0n) is 8.54. The molecule has 0 saturated carbocycles. The predicted molar refractivity (Wildman–Crippen MR) is 62.8 cm³/mol. The van der Waals surface area contributed by atoms with E-state index in [-0.39, 0.29) is 0 Å². The molecule has 0 amide bonds. The van der Waals surface area contributed by atoms with E-state index in [0.29, 0.717) is 0 Å². The van der Waals surface area contributed by atoms with Gasteiger partial charge >= 0.3 is 0 Å². The maximum atomic E-state index is 4.37. The van der Waals surface area contributed by atoms with Crippen molar-refractivity contribution in [3.8, 4) is 11.4 Å². The van der Waals surface area contributed by atoms with E-state index in [0.717, 1.165) is 22.2 Å². The first-order valence-electron chi connectivity index (χ1n) is 5.05.